The maximum Gasteiger partial charge on any atom is 0.324 e. The van der Waals surface area contributed by atoms with Gasteiger partial charge in [0.05, 0.1) is 10.4 Å². The van der Waals surface area contributed by atoms with Crippen molar-refractivity contribution < 1.29 is 13.2 Å². The Labute approximate surface area is 172 Å². The summed E-state index contributed by atoms with van der Waals surface area (Å²) in [6.07, 6.45) is 2.72. The number of nitrogens with zero attached hydrogens (tertiary/aromatic N) is 2. The Kier molecular flexibility index (Phi) is 4.84. The number of carbonyl (C=O) groups is 1. The number of urea groups is 1. The molecule has 0 aliphatic carbocycles. The lowest BCUT2D eigenvalue weighted by atomic mass is 10.0. The molecule has 0 fully saturated rings. The molecular formula is C20H18N6O3S. The third-order valence-corrected chi connectivity index (χ3v) is 5.60. The highest BCUT2D eigenvalue weighted by Gasteiger charge is 2.10. The maximum absolute atomic E-state index is 12.3. The number of nitrogens with one attached hydrogen (secondary N) is 3. The zero-order valence-electron chi connectivity index (χ0n) is 15.9. The smallest absolute Gasteiger partial charge is 0.324 e. The van der Waals surface area contributed by atoms with Gasteiger partial charge < -0.3 is 11.1 Å². The summed E-state index contributed by atoms with van der Waals surface area (Å²) in [7, 11) is -3.29. The minimum Gasteiger partial charge on any atom is -0.382 e. The number of fused-ring (bicyclic) bond motifs is 1. The molecular weight excluding hydrogens is 404 g/mol. The lowest BCUT2D eigenvalue weighted by Crippen LogP contribution is -2.20. The van der Waals surface area contributed by atoms with E-state index in [1.54, 1.807) is 12.3 Å². The van der Waals surface area contributed by atoms with Crippen LogP contribution in [-0.2, 0) is 9.84 Å². The Morgan fingerprint density at radius 1 is 1.00 bits per heavy atom. The van der Waals surface area contributed by atoms with E-state index < -0.39 is 15.9 Å². The molecule has 10 heteroatoms. The van der Waals surface area contributed by atoms with Gasteiger partial charge in [0, 0.05) is 23.5 Å². The van der Waals surface area contributed by atoms with E-state index in [4.69, 9.17) is 5.73 Å². The molecule has 0 atom stereocenters. The zero-order chi connectivity index (χ0) is 21.3. The Morgan fingerprint density at radius 2 is 1.73 bits per heavy atom. The van der Waals surface area contributed by atoms with Gasteiger partial charge in [-0.25, -0.2) is 18.2 Å². The number of aromatic amines is 1. The van der Waals surface area contributed by atoms with Gasteiger partial charge in [0.1, 0.15) is 5.82 Å². The van der Waals surface area contributed by atoms with Crippen LogP contribution in [0.15, 0.2) is 65.7 Å². The highest BCUT2D eigenvalue weighted by atomic mass is 32.2. The first-order valence-electron chi connectivity index (χ1n) is 8.88. The molecule has 30 heavy (non-hydrogen) atoms. The molecule has 0 saturated carbocycles. The van der Waals surface area contributed by atoms with E-state index in [1.165, 1.54) is 24.3 Å². The van der Waals surface area contributed by atoms with Crippen LogP contribution in [-0.4, -0.2) is 35.9 Å². The molecule has 4 aromatic rings. The van der Waals surface area contributed by atoms with Gasteiger partial charge in [-0.15, -0.1) is 0 Å². The van der Waals surface area contributed by atoms with Crippen LogP contribution in [0.3, 0.4) is 0 Å². The van der Waals surface area contributed by atoms with E-state index in [1.807, 2.05) is 24.3 Å². The first-order valence-corrected chi connectivity index (χ1v) is 10.8. The van der Waals surface area contributed by atoms with E-state index in [2.05, 4.69) is 25.8 Å². The van der Waals surface area contributed by atoms with Crippen molar-refractivity contribution in [3.8, 4) is 11.1 Å². The molecule has 0 radical (unpaired) electrons. The average molecular weight is 422 g/mol. The summed E-state index contributed by atoms with van der Waals surface area (Å²) in [5, 5.41) is 13.0. The second-order valence-electron chi connectivity index (χ2n) is 6.67. The van der Waals surface area contributed by atoms with Crippen LogP contribution in [0.1, 0.15) is 0 Å². The molecule has 152 valence electrons. The van der Waals surface area contributed by atoms with Crippen LogP contribution in [0, 0.1) is 0 Å². The topological polar surface area (TPSA) is 143 Å². The van der Waals surface area contributed by atoms with Crippen LogP contribution >= 0.6 is 0 Å². The van der Waals surface area contributed by atoms with Crippen molar-refractivity contribution >= 4 is 44.1 Å². The predicted octanol–water partition coefficient (Wildman–Crippen LogP) is 3.25. The van der Waals surface area contributed by atoms with Crippen LogP contribution < -0.4 is 16.4 Å². The van der Waals surface area contributed by atoms with Crippen molar-refractivity contribution in [3.63, 3.8) is 0 Å². The van der Waals surface area contributed by atoms with Crippen molar-refractivity contribution in [1.29, 1.82) is 0 Å². The van der Waals surface area contributed by atoms with Gasteiger partial charge in [0.25, 0.3) is 0 Å². The van der Waals surface area contributed by atoms with Crippen molar-refractivity contribution in [2.24, 2.45) is 0 Å². The number of benzene rings is 2. The number of rotatable bonds is 4. The fourth-order valence-corrected chi connectivity index (χ4v) is 3.59. The lowest BCUT2D eigenvalue weighted by molar-refractivity contribution is 0.262. The molecule has 0 bridgehead atoms. The summed E-state index contributed by atoms with van der Waals surface area (Å²) in [6, 6.07) is 14.7. The summed E-state index contributed by atoms with van der Waals surface area (Å²) in [4.78, 5) is 16.6. The largest absolute Gasteiger partial charge is 0.382 e. The number of hydrogen-bond donors (Lipinski definition) is 4. The SMILES string of the molecule is CS(=O)(=O)c1ccc(NC(=O)Nc2cc(-c3ccc4[nH]nc(N)c4c3)ccn2)cc1. The highest BCUT2D eigenvalue weighted by molar-refractivity contribution is 7.90. The third-order valence-electron chi connectivity index (χ3n) is 4.47. The lowest BCUT2D eigenvalue weighted by Gasteiger charge is -2.09. The Balaban J connectivity index is 1.49. The van der Waals surface area contributed by atoms with Gasteiger partial charge in [-0.3, -0.25) is 10.4 Å². The third kappa shape index (κ3) is 4.08. The summed E-state index contributed by atoms with van der Waals surface area (Å²) in [5.74, 6) is 0.776. The molecule has 0 spiro atoms. The van der Waals surface area contributed by atoms with E-state index in [-0.39, 0.29) is 4.90 Å². The molecule has 2 amide bonds. The molecule has 4 rings (SSSR count). The number of carbonyl (C=O) groups excluding carboxylic acids is 1. The van der Waals surface area contributed by atoms with Crippen LogP contribution in [0.4, 0.5) is 22.1 Å². The maximum atomic E-state index is 12.3. The van der Waals surface area contributed by atoms with E-state index in [0.29, 0.717) is 17.3 Å². The molecule has 0 saturated heterocycles. The van der Waals surface area contributed by atoms with Crippen LogP contribution in [0.5, 0.6) is 0 Å². The Morgan fingerprint density at radius 3 is 2.47 bits per heavy atom. The minimum atomic E-state index is -3.29. The Hall–Kier alpha value is -3.92. The number of H-pyrrole nitrogens is 1. The second-order valence-corrected chi connectivity index (χ2v) is 8.69. The molecule has 2 aromatic carbocycles. The van der Waals surface area contributed by atoms with E-state index in [9.17, 15) is 13.2 Å². The normalized spacial score (nSPS) is 11.4. The van der Waals surface area contributed by atoms with E-state index >= 15 is 0 Å². The summed E-state index contributed by atoms with van der Waals surface area (Å²) >= 11 is 0. The number of nitrogens with two attached hydrogens (primary N) is 1. The summed E-state index contributed by atoms with van der Waals surface area (Å²) < 4.78 is 23.0. The first kappa shape index (κ1) is 19.4. The fourth-order valence-electron chi connectivity index (χ4n) is 2.96. The Bertz CT molecular complexity index is 1350. The van der Waals surface area contributed by atoms with Crippen molar-refractivity contribution in [2.45, 2.75) is 4.90 Å². The molecule has 5 N–H and O–H groups in total. The van der Waals surface area contributed by atoms with Gasteiger partial charge in [-0.2, -0.15) is 5.10 Å². The quantitative estimate of drug-likeness (QED) is 0.397. The molecule has 2 aromatic heterocycles. The van der Waals surface area contributed by atoms with Crippen LogP contribution in [0.25, 0.3) is 22.0 Å². The summed E-state index contributed by atoms with van der Waals surface area (Å²) in [6.45, 7) is 0. The number of pyridine rings is 1. The first-order chi connectivity index (χ1) is 14.3. The molecule has 9 nitrogen and oxygen atoms in total. The van der Waals surface area contributed by atoms with Gasteiger partial charge in [0.15, 0.2) is 15.7 Å². The number of amides is 2. The fraction of sp³-hybridized carbons (Fsp3) is 0.0500. The van der Waals surface area contributed by atoms with Crippen LogP contribution in [0.2, 0.25) is 0 Å². The molecule has 0 aliphatic heterocycles. The standard InChI is InChI=1S/C20H18N6O3S/c1-30(28,29)15-5-3-14(4-6-15)23-20(27)24-18-11-13(8-9-22-18)12-2-7-17-16(10-12)19(21)26-25-17/h2-11H,1H3,(H3,21,25,26)(H2,22,23,24,27). The van der Waals surface area contributed by atoms with Crippen molar-refractivity contribution in [2.75, 3.05) is 22.6 Å². The number of nitrogen functional groups attached to an aromatic ring is 1. The molecule has 0 unspecified atom stereocenters. The second kappa shape index (κ2) is 7.48. The van der Waals surface area contributed by atoms with Gasteiger partial charge in [-0.1, -0.05) is 6.07 Å². The monoisotopic (exact) mass is 422 g/mol. The highest BCUT2D eigenvalue weighted by Crippen LogP contribution is 2.27. The van der Waals surface area contributed by atoms with Crippen molar-refractivity contribution in [3.05, 3.63) is 60.8 Å². The number of anilines is 3. The van der Waals surface area contributed by atoms with Gasteiger partial charge in [0.2, 0.25) is 0 Å². The van der Waals surface area contributed by atoms with Crippen molar-refractivity contribution in [1.82, 2.24) is 15.2 Å². The number of hydrogen-bond acceptors (Lipinski definition) is 6. The van der Waals surface area contributed by atoms with Gasteiger partial charge in [-0.05, 0) is 59.7 Å². The minimum absolute atomic E-state index is 0.179. The number of aromatic nitrogens is 3. The van der Waals surface area contributed by atoms with Gasteiger partial charge >= 0.3 is 6.03 Å². The predicted molar refractivity (Wildman–Crippen MR) is 116 cm³/mol. The zero-order valence-corrected chi connectivity index (χ0v) is 16.7. The van der Waals surface area contributed by atoms with E-state index in [0.717, 1.165) is 28.3 Å². The average Bonchev–Trinajstić information content (AvgIpc) is 3.08. The molecule has 0 aliphatic rings. The molecule has 2 heterocycles. The summed E-state index contributed by atoms with van der Waals surface area (Å²) in [5.41, 5.74) is 8.91. The number of sulfone groups is 1.